The van der Waals surface area contributed by atoms with Crippen LogP contribution in [0.3, 0.4) is 0 Å². The molecule has 1 saturated carbocycles. The van der Waals surface area contributed by atoms with E-state index in [0.717, 1.165) is 35.4 Å². The van der Waals surface area contributed by atoms with Gasteiger partial charge in [0, 0.05) is 25.7 Å². The molecule has 3 aromatic rings. The van der Waals surface area contributed by atoms with Gasteiger partial charge in [0.1, 0.15) is 0 Å². The van der Waals surface area contributed by atoms with Gasteiger partial charge in [-0.25, -0.2) is 0 Å². The van der Waals surface area contributed by atoms with Crippen LogP contribution < -0.4 is 4.90 Å². The van der Waals surface area contributed by atoms with Crippen LogP contribution in [0, 0.1) is 5.92 Å². The van der Waals surface area contributed by atoms with Gasteiger partial charge in [-0.3, -0.25) is 9.36 Å². The highest BCUT2D eigenvalue weighted by Crippen LogP contribution is 2.36. The number of hydrogen-bond donors (Lipinski definition) is 0. The summed E-state index contributed by atoms with van der Waals surface area (Å²) in [5, 5.41) is 9.75. The number of thioether (sulfide) groups is 1. The van der Waals surface area contributed by atoms with Crippen LogP contribution >= 0.6 is 11.8 Å². The number of carbonyl (C=O) groups excluding carboxylic acids is 1. The maximum Gasteiger partial charge on any atom is 0.233 e. The molecule has 0 N–H and O–H groups in total. The number of anilines is 1. The number of amides is 1. The predicted molar refractivity (Wildman–Crippen MR) is 134 cm³/mol. The quantitative estimate of drug-likeness (QED) is 0.434. The summed E-state index contributed by atoms with van der Waals surface area (Å²) in [6.45, 7) is 5.73. The minimum Gasteiger partial charge on any atom is -0.378 e. The Morgan fingerprint density at radius 3 is 2.41 bits per heavy atom. The van der Waals surface area contributed by atoms with Gasteiger partial charge < -0.3 is 14.5 Å². The smallest absolute Gasteiger partial charge is 0.233 e. The summed E-state index contributed by atoms with van der Waals surface area (Å²) < 4.78 is 7.58. The van der Waals surface area contributed by atoms with Crippen LogP contribution in [-0.2, 0) is 16.1 Å². The molecule has 0 spiro atoms. The summed E-state index contributed by atoms with van der Waals surface area (Å²) in [7, 11) is 0. The van der Waals surface area contributed by atoms with E-state index in [1.54, 1.807) is 0 Å². The van der Waals surface area contributed by atoms with Crippen molar-refractivity contribution in [2.75, 3.05) is 37.0 Å². The molecule has 178 valence electrons. The van der Waals surface area contributed by atoms with Crippen LogP contribution in [0.5, 0.6) is 0 Å². The second kappa shape index (κ2) is 10.6. The number of carbonyl (C=O) groups is 1. The first-order chi connectivity index (χ1) is 16.7. The monoisotopic (exact) mass is 477 g/mol. The minimum atomic E-state index is 0.142. The normalized spacial score (nSPS) is 16.9. The van der Waals surface area contributed by atoms with Gasteiger partial charge >= 0.3 is 0 Å². The van der Waals surface area contributed by atoms with E-state index in [1.807, 2.05) is 41.3 Å². The largest absolute Gasteiger partial charge is 0.378 e. The summed E-state index contributed by atoms with van der Waals surface area (Å²) in [4.78, 5) is 17.7. The zero-order chi connectivity index (χ0) is 23.3. The highest BCUT2D eigenvalue weighted by molar-refractivity contribution is 7.99. The SMILES string of the molecule is CC(C1CC1)N(Cc1ccccc1)C(=O)CSc1nnc(N2CCOCC2)n1-c1ccccc1. The Hall–Kier alpha value is -2.84. The zero-order valence-electron chi connectivity index (χ0n) is 19.5. The molecule has 5 rings (SSSR count). The fourth-order valence-corrected chi connectivity index (χ4v) is 5.24. The van der Waals surface area contributed by atoms with Gasteiger partial charge in [0.25, 0.3) is 0 Å². The molecule has 2 heterocycles. The topological polar surface area (TPSA) is 63.5 Å². The van der Waals surface area contributed by atoms with Crippen molar-refractivity contribution in [3.63, 3.8) is 0 Å². The summed E-state index contributed by atoms with van der Waals surface area (Å²) in [6, 6.07) is 20.6. The van der Waals surface area contributed by atoms with E-state index in [2.05, 4.69) is 50.9 Å². The number of ether oxygens (including phenoxy) is 1. The summed E-state index contributed by atoms with van der Waals surface area (Å²) in [5.41, 5.74) is 2.16. The van der Waals surface area contributed by atoms with Crippen molar-refractivity contribution in [3.8, 4) is 5.69 Å². The Morgan fingerprint density at radius 1 is 1.06 bits per heavy atom. The van der Waals surface area contributed by atoms with E-state index < -0.39 is 0 Å². The first-order valence-corrected chi connectivity index (χ1v) is 13.0. The standard InChI is InChI=1S/C26H31N5O2S/c1-20(22-12-13-22)30(18-21-8-4-2-5-9-21)24(32)19-34-26-28-27-25(29-14-16-33-17-15-29)31(26)23-10-6-3-7-11-23/h2-11,20,22H,12-19H2,1H3. The van der Waals surface area contributed by atoms with Gasteiger partial charge in [0.15, 0.2) is 5.16 Å². The second-order valence-electron chi connectivity index (χ2n) is 8.93. The Kier molecular flexibility index (Phi) is 7.16. The van der Waals surface area contributed by atoms with Gasteiger partial charge in [-0.2, -0.15) is 0 Å². The van der Waals surface area contributed by atoms with Crippen molar-refractivity contribution in [1.29, 1.82) is 0 Å². The van der Waals surface area contributed by atoms with Gasteiger partial charge in [0.2, 0.25) is 11.9 Å². The third-order valence-corrected chi connectivity index (χ3v) is 7.47. The third kappa shape index (κ3) is 5.28. The molecule has 2 aliphatic rings. The number of rotatable bonds is 9. The molecule has 2 aromatic carbocycles. The van der Waals surface area contributed by atoms with Gasteiger partial charge in [-0.15, -0.1) is 10.2 Å². The minimum absolute atomic E-state index is 0.142. The maximum absolute atomic E-state index is 13.5. The lowest BCUT2D eigenvalue weighted by molar-refractivity contribution is -0.131. The highest BCUT2D eigenvalue weighted by atomic mass is 32.2. The van der Waals surface area contributed by atoms with Crippen LogP contribution in [-0.4, -0.2) is 63.7 Å². The molecular weight excluding hydrogens is 446 g/mol. The molecule has 2 fully saturated rings. The molecule has 34 heavy (non-hydrogen) atoms. The van der Waals surface area contributed by atoms with E-state index >= 15 is 0 Å². The molecule has 0 bridgehead atoms. The lowest BCUT2D eigenvalue weighted by Crippen LogP contribution is -2.40. The van der Waals surface area contributed by atoms with E-state index in [-0.39, 0.29) is 11.9 Å². The average Bonchev–Trinajstić information content (AvgIpc) is 3.66. The second-order valence-corrected chi connectivity index (χ2v) is 9.87. The van der Waals surface area contributed by atoms with Crippen LogP contribution in [0.25, 0.3) is 5.69 Å². The number of benzene rings is 2. The number of morpholine rings is 1. The summed E-state index contributed by atoms with van der Waals surface area (Å²) in [6.07, 6.45) is 2.41. The lowest BCUT2D eigenvalue weighted by Gasteiger charge is -2.30. The lowest BCUT2D eigenvalue weighted by atomic mass is 10.1. The molecule has 1 saturated heterocycles. The summed E-state index contributed by atoms with van der Waals surface area (Å²) in [5.74, 6) is 1.89. The molecule has 1 aromatic heterocycles. The molecule has 1 atom stereocenters. The van der Waals surface area contributed by atoms with Crippen molar-refractivity contribution in [1.82, 2.24) is 19.7 Å². The van der Waals surface area contributed by atoms with E-state index in [1.165, 1.54) is 24.6 Å². The van der Waals surface area contributed by atoms with Crippen molar-refractivity contribution < 1.29 is 9.53 Å². The maximum atomic E-state index is 13.5. The highest BCUT2D eigenvalue weighted by Gasteiger charge is 2.34. The Bertz CT molecular complexity index is 1080. The third-order valence-electron chi connectivity index (χ3n) is 6.56. The zero-order valence-corrected chi connectivity index (χ0v) is 20.4. The Morgan fingerprint density at radius 2 is 1.74 bits per heavy atom. The molecule has 8 heteroatoms. The molecule has 1 aliphatic carbocycles. The van der Waals surface area contributed by atoms with E-state index in [0.29, 0.717) is 31.4 Å². The van der Waals surface area contributed by atoms with Crippen LogP contribution in [0.15, 0.2) is 65.8 Å². The molecular formula is C26H31N5O2S. The van der Waals surface area contributed by atoms with E-state index in [4.69, 9.17) is 4.74 Å². The Balaban J connectivity index is 1.35. The molecule has 1 amide bonds. The predicted octanol–water partition coefficient (Wildman–Crippen LogP) is 4.02. The van der Waals surface area contributed by atoms with Crippen molar-refractivity contribution in [2.45, 2.75) is 37.5 Å². The fourth-order valence-electron chi connectivity index (χ4n) is 4.41. The van der Waals surface area contributed by atoms with Crippen molar-refractivity contribution in [3.05, 3.63) is 66.2 Å². The van der Waals surface area contributed by atoms with E-state index in [9.17, 15) is 4.79 Å². The van der Waals surface area contributed by atoms with Crippen LogP contribution in [0.2, 0.25) is 0 Å². The Labute approximate surface area is 205 Å². The molecule has 7 nitrogen and oxygen atoms in total. The van der Waals surface area contributed by atoms with Crippen LogP contribution in [0.4, 0.5) is 5.95 Å². The molecule has 0 radical (unpaired) electrons. The first kappa shape index (κ1) is 22.9. The van der Waals surface area contributed by atoms with Crippen LogP contribution in [0.1, 0.15) is 25.3 Å². The van der Waals surface area contributed by atoms with Gasteiger partial charge in [-0.05, 0) is 43.4 Å². The van der Waals surface area contributed by atoms with Gasteiger partial charge in [-0.1, -0.05) is 60.3 Å². The molecule has 1 unspecified atom stereocenters. The molecule has 1 aliphatic heterocycles. The fraction of sp³-hybridized carbons (Fsp3) is 0.423. The van der Waals surface area contributed by atoms with Crippen molar-refractivity contribution in [2.24, 2.45) is 5.92 Å². The number of nitrogens with zero attached hydrogens (tertiary/aromatic N) is 5. The first-order valence-electron chi connectivity index (χ1n) is 12.0. The summed E-state index contributed by atoms with van der Waals surface area (Å²) >= 11 is 1.46. The number of aromatic nitrogens is 3. The average molecular weight is 478 g/mol. The van der Waals surface area contributed by atoms with Crippen molar-refractivity contribution >= 4 is 23.6 Å². The van der Waals surface area contributed by atoms with Gasteiger partial charge in [0.05, 0.1) is 24.7 Å². The number of hydrogen-bond acceptors (Lipinski definition) is 6. The number of para-hydroxylation sites is 1.